The Hall–Kier alpha value is -2.30. The van der Waals surface area contributed by atoms with Gasteiger partial charge in [0.15, 0.2) is 11.5 Å². The Morgan fingerprint density at radius 3 is 2.80 bits per heavy atom. The zero-order valence-electron chi connectivity index (χ0n) is 12.0. The maximum atomic E-state index is 5.76. The van der Waals surface area contributed by atoms with Crippen LogP contribution in [0.4, 0.5) is 5.95 Å². The summed E-state index contributed by atoms with van der Waals surface area (Å²) in [6.45, 7) is 4.92. The SMILES string of the molecule is CCCNc1nccc(Oc2ccc(C)cc2OC)n1. The van der Waals surface area contributed by atoms with Gasteiger partial charge < -0.3 is 14.8 Å². The summed E-state index contributed by atoms with van der Waals surface area (Å²) >= 11 is 0. The molecule has 1 N–H and O–H groups in total. The molecule has 0 spiro atoms. The Labute approximate surface area is 119 Å². The van der Waals surface area contributed by atoms with Gasteiger partial charge in [-0.2, -0.15) is 4.98 Å². The van der Waals surface area contributed by atoms with Gasteiger partial charge in [0.1, 0.15) is 0 Å². The minimum atomic E-state index is 0.487. The highest BCUT2D eigenvalue weighted by Gasteiger charge is 2.07. The minimum absolute atomic E-state index is 0.487. The van der Waals surface area contributed by atoms with E-state index >= 15 is 0 Å². The largest absolute Gasteiger partial charge is 0.493 e. The lowest BCUT2D eigenvalue weighted by atomic mass is 10.2. The zero-order chi connectivity index (χ0) is 14.4. The number of ether oxygens (including phenoxy) is 2. The number of anilines is 1. The van der Waals surface area contributed by atoms with Gasteiger partial charge in [-0.15, -0.1) is 0 Å². The predicted octanol–water partition coefficient (Wildman–Crippen LogP) is 3.41. The van der Waals surface area contributed by atoms with Crippen LogP contribution >= 0.6 is 0 Å². The molecule has 0 radical (unpaired) electrons. The number of rotatable bonds is 6. The molecule has 0 atom stereocenters. The molecule has 0 amide bonds. The van der Waals surface area contributed by atoms with Crippen LogP contribution in [0.5, 0.6) is 17.4 Å². The van der Waals surface area contributed by atoms with Gasteiger partial charge in [0.05, 0.1) is 7.11 Å². The summed E-state index contributed by atoms with van der Waals surface area (Å²) in [5.41, 5.74) is 1.11. The van der Waals surface area contributed by atoms with E-state index in [9.17, 15) is 0 Å². The molecule has 0 aliphatic heterocycles. The zero-order valence-corrected chi connectivity index (χ0v) is 12.0. The molecule has 0 unspecified atom stereocenters. The van der Waals surface area contributed by atoms with E-state index in [-0.39, 0.29) is 0 Å². The molecule has 106 valence electrons. The van der Waals surface area contributed by atoms with Gasteiger partial charge in [0.2, 0.25) is 11.8 Å². The Morgan fingerprint density at radius 2 is 2.05 bits per heavy atom. The van der Waals surface area contributed by atoms with Gasteiger partial charge >= 0.3 is 0 Å². The minimum Gasteiger partial charge on any atom is -0.493 e. The smallest absolute Gasteiger partial charge is 0.225 e. The van der Waals surface area contributed by atoms with Gasteiger partial charge in [0, 0.05) is 18.8 Å². The molecule has 5 heteroatoms. The molecule has 1 aromatic carbocycles. The van der Waals surface area contributed by atoms with Crippen molar-refractivity contribution in [3.05, 3.63) is 36.0 Å². The maximum absolute atomic E-state index is 5.76. The predicted molar refractivity (Wildman–Crippen MR) is 78.6 cm³/mol. The van der Waals surface area contributed by atoms with E-state index in [0.29, 0.717) is 23.3 Å². The van der Waals surface area contributed by atoms with Crippen molar-refractivity contribution in [2.75, 3.05) is 19.0 Å². The van der Waals surface area contributed by atoms with Crippen LogP contribution in [-0.4, -0.2) is 23.6 Å². The van der Waals surface area contributed by atoms with E-state index in [1.54, 1.807) is 19.4 Å². The lowest BCUT2D eigenvalue weighted by Crippen LogP contribution is -2.04. The number of hydrogen-bond donors (Lipinski definition) is 1. The van der Waals surface area contributed by atoms with E-state index in [2.05, 4.69) is 22.2 Å². The Morgan fingerprint density at radius 1 is 1.20 bits per heavy atom. The van der Waals surface area contributed by atoms with Crippen LogP contribution in [-0.2, 0) is 0 Å². The number of methoxy groups -OCH3 is 1. The highest BCUT2D eigenvalue weighted by atomic mass is 16.5. The molecular formula is C15H19N3O2. The number of nitrogens with zero attached hydrogens (tertiary/aromatic N) is 2. The van der Waals surface area contributed by atoms with Crippen molar-refractivity contribution in [1.29, 1.82) is 0 Å². The van der Waals surface area contributed by atoms with Crippen LogP contribution in [0.2, 0.25) is 0 Å². The standard InChI is InChI=1S/C15H19N3O2/c1-4-8-16-15-17-9-7-14(18-15)20-12-6-5-11(2)10-13(12)19-3/h5-7,9-10H,4,8H2,1-3H3,(H,16,17,18). The Balaban J connectivity index is 2.17. The van der Waals surface area contributed by atoms with Gasteiger partial charge in [-0.1, -0.05) is 13.0 Å². The highest BCUT2D eigenvalue weighted by molar-refractivity contribution is 5.44. The van der Waals surface area contributed by atoms with Crippen molar-refractivity contribution in [2.45, 2.75) is 20.3 Å². The van der Waals surface area contributed by atoms with Crippen molar-refractivity contribution >= 4 is 5.95 Å². The molecule has 0 bridgehead atoms. The number of benzene rings is 1. The van der Waals surface area contributed by atoms with Crippen molar-refractivity contribution in [2.24, 2.45) is 0 Å². The van der Waals surface area contributed by atoms with Crippen molar-refractivity contribution in [3.8, 4) is 17.4 Å². The third-order valence-electron chi connectivity index (χ3n) is 2.70. The van der Waals surface area contributed by atoms with Crippen LogP contribution in [0, 0.1) is 6.92 Å². The van der Waals surface area contributed by atoms with Gasteiger partial charge in [0.25, 0.3) is 0 Å². The normalized spacial score (nSPS) is 10.2. The Kier molecular flexibility index (Phi) is 4.76. The molecule has 0 saturated heterocycles. The number of aromatic nitrogens is 2. The molecule has 5 nitrogen and oxygen atoms in total. The van der Waals surface area contributed by atoms with Gasteiger partial charge in [-0.05, 0) is 31.0 Å². The van der Waals surface area contributed by atoms with Crippen LogP contribution < -0.4 is 14.8 Å². The second-order valence-corrected chi connectivity index (χ2v) is 4.40. The molecule has 0 saturated carbocycles. The van der Waals surface area contributed by atoms with Crippen LogP contribution in [0.1, 0.15) is 18.9 Å². The fraction of sp³-hybridized carbons (Fsp3) is 0.333. The Bertz CT molecular complexity index is 573. The van der Waals surface area contributed by atoms with Crippen LogP contribution in [0.15, 0.2) is 30.5 Å². The first-order valence-corrected chi connectivity index (χ1v) is 6.62. The van der Waals surface area contributed by atoms with Gasteiger partial charge in [-0.25, -0.2) is 4.98 Å². The fourth-order valence-corrected chi connectivity index (χ4v) is 1.69. The second kappa shape index (κ2) is 6.75. The van der Waals surface area contributed by atoms with Crippen LogP contribution in [0.25, 0.3) is 0 Å². The molecular weight excluding hydrogens is 254 g/mol. The first-order chi connectivity index (χ1) is 9.72. The van der Waals surface area contributed by atoms with E-state index in [4.69, 9.17) is 9.47 Å². The molecule has 0 aliphatic carbocycles. The molecule has 2 aromatic rings. The average Bonchev–Trinajstić information content (AvgIpc) is 2.47. The molecule has 20 heavy (non-hydrogen) atoms. The van der Waals surface area contributed by atoms with E-state index in [1.165, 1.54) is 0 Å². The monoisotopic (exact) mass is 273 g/mol. The molecule has 1 aromatic heterocycles. The highest BCUT2D eigenvalue weighted by Crippen LogP contribution is 2.31. The average molecular weight is 273 g/mol. The summed E-state index contributed by atoms with van der Waals surface area (Å²) in [5.74, 6) is 2.38. The molecule has 2 rings (SSSR count). The second-order valence-electron chi connectivity index (χ2n) is 4.40. The van der Waals surface area contributed by atoms with Gasteiger partial charge in [-0.3, -0.25) is 0 Å². The molecule has 0 fully saturated rings. The summed E-state index contributed by atoms with van der Waals surface area (Å²) < 4.78 is 11.1. The summed E-state index contributed by atoms with van der Waals surface area (Å²) in [5, 5.41) is 3.12. The number of hydrogen-bond acceptors (Lipinski definition) is 5. The topological polar surface area (TPSA) is 56.3 Å². The van der Waals surface area contributed by atoms with Crippen LogP contribution in [0.3, 0.4) is 0 Å². The van der Waals surface area contributed by atoms with Crippen molar-refractivity contribution in [1.82, 2.24) is 9.97 Å². The fourth-order valence-electron chi connectivity index (χ4n) is 1.69. The van der Waals surface area contributed by atoms with E-state index in [0.717, 1.165) is 18.5 Å². The van der Waals surface area contributed by atoms with E-state index in [1.807, 2.05) is 25.1 Å². The number of nitrogens with one attached hydrogen (secondary N) is 1. The van der Waals surface area contributed by atoms with E-state index < -0.39 is 0 Å². The first kappa shape index (κ1) is 14.1. The molecule has 0 aliphatic rings. The van der Waals surface area contributed by atoms with Crippen molar-refractivity contribution in [3.63, 3.8) is 0 Å². The lowest BCUT2D eigenvalue weighted by Gasteiger charge is -2.11. The third kappa shape index (κ3) is 3.60. The summed E-state index contributed by atoms with van der Waals surface area (Å²) in [6, 6.07) is 7.48. The molecule has 1 heterocycles. The summed E-state index contributed by atoms with van der Waals surface area (Å²) in [4.78, 5) is 8.45. The quantitative estimate of drug-likeness (QED) is 0.874. The lowest BCUT2D eigenvalue weighted by molar-refractivity contribution is 0.374. The number of aryl methyl sites for hydroxylation is 1. The third-order valence-corrected chi connectivity index (χ3v) is 2.70. The van der Waals surface area contributed by atoms with Crippen molar-refractivity contribution < 1.29 is 9.47 Å². The maximum Gasteiger partial charge on any atom is 0.225 e. The summed E-state index contributed by atoms with van der Waals surface area (Å²) in [6.07, 6.45) is 2.68. The summed E-state index contributed by atoms with van der Waals surface area (Å²) in [7, 11) is 1.62. The first-order valence-electron chi connectivity index (χ1n) is 6.62.